The Balaban J connectivity index is 2.18. The van der Waals surface area contributed by atoms with Crippen molar-refractivity contribution in [1.82, 2.24) is 9.78 Å². The molecule has 1 atom stereocenters. The zero-order valence-electron chi connectivity index (χ0n) is 9.44. The Kier molecular flexibility index (Phi) is 4.95. The highest BCUT2D eigenvalue weighted by atomic mass is 19.4. The van der Waals surface area contributed by atoms with Gasteiger partial charge in [-0.15, -0.1) is 0 Å². The van der Waals surface area contributed by atoms with Gasteiger partial charge in [-0.3, -0.25) is 4.68 Å². The third-order valence-electron chi connectivity index (χ3n) is 2.08. The first-order valence-corrected chi connectivity index (χ1v) is 5.23. The van der Waals surface area contributed by atoms with Crippen LogP contribution in [0.25, 0.3) is 0 Å². The molecule has 98 valence electrons. The molecule has 0 spiro atoms. The Bertz CT molecular complexity index is 337. The summed E-state index contributed by atoms with van der Waals surface area (Å²) in [5.74, 6) is 0. The van der Waals surface area contributed by atoms with Gasteiger partial charge in [0.1, 0.15) is 6.61 Å². The summed E-state index contributed by atoms with van der Waals surface area (Å²) in [5.41, 5.74) is 0.682. The summed E-state index contributed by atoms with van der Waals surface area (Å²) in [7, 11) is 0. The summed E-state index contributed by atoms with van der Waals surface area (Å²) < 4.78 is 41.2. The van der Waals surface area contributed by atoms with E-state index in [4.69, 9.17) is 0 Å². The van der Waals surface area contributed by atoms with Crippen LogP contribution in [-0.4, -0.2) is 34.3 Å². The molecule has 0 fully saturated rings. The number of hydrogen-bond donors (Lipinski definition) is 1. The minimum atomic E-state index is -4.27. The number of aromatic nitrogens is 2. The lowest BCUT2D eigenvalue weighted by Gasteiger charge is -2.07. The second-order valence-corrected chi connectivity index (χ2v) is 3.73. The van der Waals surface area contributed by atoms with Crippen LogP contribution < -0.4 is 0 Å². The summed E-state index contributed by atoms with van der Waals surface area (Å²) in [6.45, 7) is 0.896. The molecule has 4 nitrogen and oxygen atoms in total. The van der Waals surface area contributed by atoms with Gasteiger partial charge in [0.2, 0.25) is 0 Å². The average Bonchev–Trinajstić information content (AvgIpc) is 2.64. The number of alkyl halides is 3. The summed E-state index contributed by atoms with van der Waals surface area (Å²) in [4.78, 5) is 0. The van der Waals surface area contributed by atoms with Crippen LogP contribution in [0.2, 0.25) is 0 Å². The maximum absolute atomic E-state index is 11.7. The number of ether oxygens (including phenoxy) is 1. The number of halogens is 3. The summed E-state index contributed by atoms with van der Waals surface area (Å²) >= 11 is 0. The van der Waals surface area contributed by atoms with Crippen LogP contribution in [0.15, 0.2) is 12.4 Å². The van der Waals surface area contributed by atoms with E-state index < -0.39 is 18.9 Å². The average molecular weight is 252 g/mol. The quantitative estimate of drug-likeness (QED) is 0.787. The van der Waals surface area contributed by atoms with E-state index in [1.54, 1.807) is 17.8 Å². The number of aryl methyl sites for hydroxylation is 1. The van der Waals surface area contributed by atoms with Crippen LogP contribution in [0, 0.1) is 0 Å². The molecule has 1 N–H and O–H groups in total. The summed E-state index contributed by atoms with van der Waals surface area (Å²) in [6, 6.07) is 0. The van der Waals surface area contributed by atoms with Crippen molar-refractivity contribution < 1.29 is 23.0 Å². The Labute approximate surface area is 97.0 Å². The smallest absolute Gasteiger partial charge is 0.389 e. The van der Waals surface area contributed by atoms with Gasteiger partial charge >= 0.3 is 6.18 Å². The molecule has 1 heterocycles. The fourth-order valence-corrected chi connectivity index (χ4v) is 1.23. The number of aliphatic hydroxyl groups excluding tert-OH is 1. The lowest BCUT2D eigenvalue weighted by atomic mass is 10.2. The van der Waals surface area contributed by atoms with Crippen molar-refractivity contribution in [3.63, 3.8) is 0 Å². The molecule has 1 aromatic rings. The largest absolute Gasteiger partial charge is 0.411 e. The van der Waals surface area contributed by atoms with Crippen LogP contribution >= 0.6 is 0 Å². The van der Waals surface area contributed by atoms with E-state index in [9.17, 15) is 18.3 Å². The minimum absolute atomic E-state index is 0.0311. The number of rotatable bonds is 6. The third kappa shape index (κ3) is 5.69. The summed E-state index contributed by atoms with van der Waals surface area (Å²) in [6.07, 6.45) is -1.23. The van der Waals surface area contributed by atoms with E-state index >= 15 is 0 Å². The second-order valence-electron chi connectivity index (χ2n) is 3.73. The van der Waals surface area contributed by atoms with E-state index in [1.165, 1.54) is 6.20 Å². The number of aliphatic hydroxyl groups is 1. The van der Waals surface area contributed by atoms with E-state index in [2.05, 4.69) is 9.84 Å². The van der Waals surface area contributed by atoms with Crippen molar-refractivity contribution in [2.24, 2.45) is 0 Å². The predicted molar refractivity (Wildman–Crippen MR) is 54.4 cm³/mol. The third-order valence-corrected chi connectivity index (χ3v) is 2.08. The molecule has 0 aliphatic heterocycles. The molecule has 1 aromatic heterocycles. The van der Waals surface area contributed by atoms with Crippen LogP contribution in [0.5, 0.6) is 0 Å². The number of hydrogen-bond acceptors (Lipinski definition) is 3. The first kappa shape index (κ1) is 14.0. The van der Waals surface area contributed by atoms with Crippen molar-refractivity contribution in [2.45, 2.75) is 32.2 Å². The fourth-order valence-electron chi connectivity index (χ4n) is 1.23. The Morgan fingerprint density at radius 1 is 1.53 bits per heavy atom. The van der Waals surface area contributed by atoms with Crippen molar-refractivity contribution in [3.8, 4) is 0 Å². The molecule has 1 unspecified atom stereocenters. The Hall–Kier alpha value is -1.08. The van der Waals surface area contributed by atoms with Gasteiger partial charge < -0.3 is 9.84 Å². The zero-order chi connectivity index (χ0) is 12.9. The molecule has 0 amide bonds. The van der Waals surface area contributed by atoms with Gasteiger partial charge in [-0.25, -0.2) is 0 Å². The Morgan fingerprint density at radius 2 is 2.24 bits per heavy atom. The van der Waals surface area contributed by atoms with Crippen LogP contribution in [0.3, 0.4) is 0 Å². The lowest BCUT2D eigenvalue weighted by Crippen LogP contribution is -2.17. The monoisotopic (exact) mass is 252 g/mol. The Morgan fingerprint density at radius 3 is 2.76 bits per heavy atom. The van der Waals surface area contributed by atoms with E-state index in [1.807, 2.05) is 0 Å². The molecule has 0 bridgehead atoms. The topological polar surface area (TPSA) is 47.3 Å². The molecule has 1 rings (SSSR count). The molecule has 7 heteroatoms. The van der Waals surface area contributed by atoms with Crippen LogP contribution in [0.4, 0.5) is 13.2 Å². The van der Waals surface area contributed by atoms with Crippen molar-refractivity contribution >= 4 is 0 Å². The highest BCUT2D eigenvalue weighted by Crippen LogP contribution is 2.14. The van der Waals surface area contributed by atoms with Crippen molar-refractivity contribution in [1.29, 1.82) is 0 Å². The standard InChI is InChI=1S/C10H15F3N2O2/c1-8(16)9-5-14-15(6-9)3-2-4-17-7-10(11,12)13/h5-6,8,16H,2-4,7H2,1H3. The first-order valence-electron chi connectivity index (χ1n) is 5.23. The predicted octanol–water partition coefficient (Wildman–Crippen LogP) is 1.91. The van der Waals surface area contributed by atoms with Crippen LogP contribution in [-0.2, 0) is 11.3 Å². The zero-order valence-corrected chi connectivity index (χ0v) is 9.44. The van der Waals surface area contributed by atoms with Crippen LogP contribution in [0.1, 0.15) is 25.0 Å². The first-order chi connectivity index (χ1) is 7.88. The number of nitrogens with zero attached hydrogens (tertiary/aromatic N) is 2. The highest BCUT2D eigenvalue weighted by molar-refractivity contribution is 5.06. The second kappa shape index (κ2) is 6.02. The van der Waals surface area contributed by atoms with Gasteiger partial charge in [-0.05, 0) is 13.3 Å². The minimum Gasteiger partial charge on any atom is -0.389 e. The van der Waals surface area contributed by atoms with E-state index in [-0.39, 0.29) is 6.61 Å². The molecule has 0 aliphatic rings. The molecule has 17 heavy (non-hydrogen) atoms. The van der Waals surface area contributed by atoms with E-state index in [0.29, 0.717) is 18.5 Å². The highest BCUT2D eigenvalue weighted by Gasteiger charge is 2.27. The van der Waals surface area contributed by atoms with Gasteiger partial charge in [-0.2, -0.15) is 18.3 Å². The molecule has 0 aliphatic carbocycles. The molecule has 0 saturated heterocycles. The van der Waals surface area contributed by atoms with Crippen molar-refractivity contribution in [2.75, 3.05) is 13.2 Å². The van der Waals surface area contributed by atoms with Gasteiger partial charge in [0.05, 0.1) is 12.3 Å². The SMILES string of the molecule is CC(O)c1cnn(CCCOCC(F)(F)F)c1. The normalized spacial score (nSPS) is 13.9. The summed E-state index contributed by atoms with van der Waals surface area (Å²) in [5, 5.41) is 13.2. The van der Waals surface area contributed by atoms with E-state index in [0.717, 1.165) is 0 Å². The molecule has 0 aromatic carbocycles. The molecule has 0 radical (unpaired) electrons. The molecule has 0 saturated carbocycles. The molecular formula is C10H15F3N2O2. The fraction of sp³-hybridized carbons (Fsp3) is 0.700. The van der Waals surface area contributed by atoms with Gasteiger partial charge in [0.25, 0.3) is 0 Å². The van der Waals surface area contributed by atoms with Gasteiger partial charge in [-0.1, -0.05) is 0 Å². The maximum Gasteiger partial charge on any atom is 0.411 e. The van der Waals surface area contributed by atoms with Crippen molar-refractivity contribution in [3.05, 3.63) is 18.0 Å². The van der Waals surface area contributed by atoms with Gasteiger partial charge in [0.15, 0.2) is 0 Å². The molecular weight excluding hydrogens is 237 g/mol. The van der Waals surface area contributed by atoms with Gasteiger partial charge in [0, 0.05) is 24.9 Å². The maximum atomic E-state index is 11.7. The lowest BCUT2D eigenvalue weighted by molar-refractivity contribution is -0.174.